The third kappa shape index (κ3) is 4.28. The molecule has 2 aliphatic heterocycles. The Bertz CT molecular complexity index is 1160. The maximum absolute atomic E-state index is 13.1. The van der Waals surface area contributed by atoms with E-state index in [0.717, 1.165) is 0 Å². The van der Waals surface area contributed by atoms with Gasteiger partial charge in [-0.05, 0) is 56.6 Å². The summed E-state index contributed by atoms with van der Waals surface area (Å²) in [4.78, 5) is 34.0. The zero-order valence-electron chi connectivity index (χ0n) is 19.3. The molecule has 0 spiro atoms. The fourth-order valence-corrected chi connectivity index (χ4v) is 4.99. The topological polar surface area (TPSA) is 97.1 Å². The van der Waals surface area contributed by atoms with Gasteiger partial charge in [0.05, 0.1) is 22.1 Å². The molecule has 1 aromatic carbocycles. The predicted molar refractivity (Wildman–Crippen MR) is 130 cm³/mol. The van der Waals surface area contributed by atoms with Crippen molar-refractivity contribution in [3.05, 3.63) is 26.0 Å². The number of benzene rings is 1. The summed E-state index contributed by atoms with van der Waals surface area (Å²) < 4.78 is 13.5. The van der Waals surface area contributed by atoms with E-state index in [-0.39, 0.29) is 31.4 Å². The number of ether oxygens (including phenoxy) is 2. The van der Waals surface area contributed by atoms with Gasteiger partial charge in [-0.1, -0.05) is 11.6 Å². The first-order chi connectivity index (χ1) is 15.4. The van der Waals surface area contributed by atoms with Crippen LogP contribution in [-0.4, -0.2) is 69.6 Å². The highest BCUT2D eigenvalue weighted by molar-refractivity contribution is 9.10. The number of aliphatic hydroxyl groups is 1. The molecule has 2 aromatic rings. The van der Waals surface area contributed by atoms with Gasteiger partial charge in [-0.15, -0.1) is 0 Å². The zero-order chi connectivity index (χ0) is 24.2. The first kappa shape index (κ1) is 24.1. The van der Waals surface area contributed by atoms with E-state index in [1.54, 1.807) is 11.0 Å². The maximum atomic E-state index is 13.1. The summed E-state index contributed by atoms with van der Waals surface area (Å²) in [6.07, 6.45) is -0.363. The van der Waals surface area contributed by atoms with Crippen LogP contribution in [0.2, 0.25) is 5.02 Å². The van der Waals surface area contributed by atoms with Crippen molar-refractivity contribution in [2.45, 2.75) is 58.3 Å². The Morgan fingerprint density at radius 3 is 2.67 bits per heavy atom. The second-order valence-electron chi connectivity index (χ2n) is 9.62. The molecule has 0 saturated carbocycles. The van der Waals surface area contributed by atoms with Crippen LogP contribution in [0.3, 0.4) is 0 Å². The van der Waals surface area contributed by atoms with E-state index < -0.39 is 17.3 Å². The number of hydrogen-bond acceptors (Lipinski definition) is 7. The van der Waals surface area contributed by atoms with E-state index in [4.69, 9.17) is 21.1 Å². The number of carbonyl (C=O) groups is 1. The van der Waals surface area contributed by atoms with Crippen molar-refractivity contribution in [3.63, 3.8) is 0 Å². The summed E-state index contributed by atoms with van der Waals surface area (Å²) >= 11 is 9.94. The van der Waals surface area contributed by atoms with Gasteiger partial charge in [0.25, 0.3) is 0 Å². The Kier molecular flexibility index (Phi) is 6.30. The van der Waals surface area contributed by atoms with E-state index >= 15 is 0 Å². The van der Waals surface area contributed by atoms with Crippen LogP contribution in [0.4, 0.5) is 10.6 Å². The summed E-state index contributed by atoms with van der Waals surface area (Å²) in [5, 5.41) is 10.9. The molecule has 3 atom stereocenters. The molecule has 11 heteroatoms. The van der Waals surface area contributed by atoms with E-state index in [2.05, 4.69) is 20.9 Å². The Labute approximate surface area is 205 Å². The van der Waals surface area contributed by atoms with Crippen LogP contribution in [0, 0.1) is 0 Å². The van der Waals surface area contributed by atoms with Crippen LogP contribution < -0.4 is 15.3 Å². The van der Waals surface area contributed by atoms with E-state index in [9.17, 15) is 14.7 Å². The number of amides is 1. The first-order valence-electron chi connectivity index (χ1n) is 10.9. The van der Waals surface area contributed by atoms with Crippen LogP contribution in [0.25, 0.3) is 10.9 Å². The third-order valence-electron chi connectivity index (χ3n) is 5.92. The third-order valence-corrected chi connectivity index (χ3v) is 7.24. The van der Waals surface area contributed by atoms with Gasteiger partial charge in [0.1, 0.15) is 23.5 Å². The summed E-state index contributed by atoms with van der Waals surface area (Å²) in [6.45, 7) is 10.2. The number of rotatable bonds is 2. The highest BCUT2D eigenvalue weighted by Crippen LogP contribution is 2.44. The monoisotopic (exact) mass is 542 g/mol. The number of nitrogens with zero attached hydrogens (tertiary/aromatic N) is 4. The molecule has 33 heavy (non-hydrogen) atoms. The number of piperazine rings is 1. The van der Waals surface area contributed by atoms with Gasteiger partial charge < -0.3 is 24.4 Å². The Morgan fingerprint density at radius 2 is 2.03 bits per heavy atom. The molecular weight excluding hydrogens is 516 g/mol. The van der Waals surface area contributed by atoms with Crippen LogP contribution in [-0.2, 0) is 4.74 Å². The number of aliphatic hydroxyl groups excluding tert-OH is 1. The lowest BCUT2D eigenvalue weighted by molar-refractivity contribution is 0.0130. The van der Waals surface area contributed by atoms with Gasteiger partial charge in [0, 0.05) is 30.6 Å². The molecule has 180 valence electrons. The van der Waals surface area contributed by atoms with Crippen molar-refractivity contribution >= 4 is 50.3 Å². The number of halogens is 2. The standard InChI is InChI=1S/C22H28BrClN4O5/c1-11-8-27(21(31)33-22(3,4)5)12(2)7-26(11)19-14-6-15(24)16(23)18-17(14)28(20(30)25-19)13(9-29)10-32-18/h6,11-13,29H,7-10H2,1-5H3. The van der Waals surface area contributed by atoms with Gasteiger partial charge in [-0.25, -0.2) is 9.59 Å². The molecule has 1 N–H and O–H groups in total. The molecule has 4 rings (SSSR count). The zero-order valence-corrected chi connectivity index (χ0v) is 21.6. The van der Waals surface area contributed by atoms with Gasteiger partial charge in [-0.2, -0.15) is 4.98 Å². The van der Waals surface area contributed by atoms with Gasteiger partial charge in [-0.3, -0.25) is 4.57 Å². The average molecular weight is 544 g/mol. The molecule has 1 amide bonds. The van der Waals surface area contributed by atoms with Crippen molar-refractivity contribution in [1.29, 1.82) is 0 Å². The summed E-state index contributed by atoms with van der Waals surface area (Å²) in [6, 6.07) is 0.907. The predicted octanol–water partition coefficient (Wildman–Crippen LogP) is 3.57. The average Bonchev–Trinajstić information content (AvgIpc) is 2.73. The van der Waals surface area contributed by atoms with Crippen molar-refractivity contribution in [2.24, 2.45) is 0 Å². The fourth-order valence-electron chi connectivity index (χ4n) is 4.38. The molecule has 1 saturated heterocycles. The largest absolute Gasteiger partial charge is 0.488 e. The molecule has 0 aliphatic carbocycles. The van der Waals surface area contributed by atoms with Gasteiger partial charge >= 0.3 is 11.8 Å². The van der Waals surface area contributed by atoms with Crippen molar-refractivity contribution in [1.82, 2.24) is 14.5 Å². The van der Waals surface area contributed by atoms with Crippen molar-refractivity contribution in [3.8, 4) is 5.75 Å². The second kappa shape index (κ2) is 8.63. The number of carbonyl (C=O) groups excluding carboxylic acids is 1. The highest BCUT2D eigenvalue weighted by Gasteiger charge is 2.37. The lowest BCUT2D eigenvalue weighted by atomic mass is 10.1. The molecular formula is C22H28BrClN4O5. The molecule has 9 nitrogen and oxygen atoms in total. The SMILES string of the molecule is CC1CN(c2nc(=O)n3c4c(c(Br)c(Cl)cc24)OCC3CO)C(C)CN1C(=O)OC(C)(C)C. The van der Waals surface area contributed by atoms with E-state index in [0.29, 0.717) is 45.1 Å². The molecule has 3 unspecified atom stereocenters. The van der Waals surface area contributed by atoms with E-state index in [1.807, 2.05) is 39.5 Å². The Balaban J connectivity index is 1.79. The molecule has 0 radical (unpaired) electrons. The normalized spacial score (nSPS) is 23.0. The first-order valence-corrected chi connectivity index (χ1v) is 12.0. The van der Waals surface area contributed by atoms with Crippen LogP contribution in [0.1, 0.15) is 40.7 Å². The molecule has 1 aromatic heterocycles. The quantitative estimate of drug-likeness (QED) is 0.618. The second-order valence-corrected chi connectivity index (χ2v) is 10.8. The fraction of sp³-hybridized carbons (Fsp3) is 0.591. The summed E-state index contributed by atoms with van der Waals surface area (Å²) in [5.74, 6) is 0.934. The highest BCUT2D eigenvalue weighted by atomic mass is 79.9. The van der Waals surface area contributed by atoms with Crippen molar-refractivity contribution in [2.75, 3.05) is 31.2 Å². The lowest BCUT2D eigenvalue weighted by Gasteiger charge is -2.45. The molecule has 3 heterocycles. The number of aromatic nitrogens is 2. The number of hydrogen-bond donors (Lipinski definition) is 1. The summed E-state index contributed by atoms with van der Waals surface area (Å²) in [7, 11) is 0. The van der Waals surface area contributed by atoms with Gasteiger partial charge in [0.2, 0.25) is 0 Å². The summed E-state index contributed by atoms with van der Waals surface area (Å²) in [5.41, 5.74) is -0.512. The lowest BCUT2D eigenvalue weighted by Crippen LogP contribution is -2.59. The minimum Gasteiger partial charge on any atom is -0.488 e. The smallest absolute Gasteiger partial charge is 0.410 e. The molecule has 1 fully saturated rings. The minimum atomic E-state index is -0.586. The molecule has 0 bridgehead atoms. The van der Waals surface area contributed by atoms with E-state index in [1.165, 1.54) is 4.57 Å². The molecule has 2 aliphatic rings. The van der Waals surface area contributed by atoms with Gasteiger partial charge in [0.15, 0.2) is 5.75 Å². The minimum absolute atomic E-state index is 0.136. The maximum Gasteiger partial charge on any atom is 0.410 e. The van der Waals surface area contributed by atoms with Crippen LogP contribution in [0.5, 0.6) is 5.75 Å². The van der Waals surface area contributed by atoms with Crippen LogP contribution >= 0.6 is 27.5 Å². The Morgan fingerprint density at radius 1 is 1.33 bits per heavy atom. The Hall–Kier alpha value is -2.04. The number of anilines is 1. The van der Waals surface area contributed by atoms with Crippen LogP contribution in [0.15, 0.2) is 15.3 Å². The van der Waals surface area contributed by atoms with Crippen molar-refractivity contribution < 1.29 is 19.4 Å².